The predicted octanol–water partition coefficient (Wildman–Crippen LogP) is 1.52. The lowest BCUT2D eigenvalue weighted by molar-refractivity contribution is -0.140. The van der Waals surface area contributed by atoms with Crippen LogP contribution in [0.25, 0.3) is 0 Å². The Morgan fingerprint density at radius 3 is 2.38 bits per heavy atom. The molecule has 4 heteroatoms. The molecule has 0 fully saturated rings. The van der Waals surface area contributed by atoms with Gasteiger partial charge in [-0.3, -0.25) is 4.79 Å². The van der Waals surface area contributed by atoms with Crippen molar-refractivity contribution in [2.45, 2.75) is 26.2 Å². The molecule has 0 amide bonds. The second kappa shape index (κ2) is 6.22. The van der Waals surface area contributed by atoms with E-state index in [4.69, 9.17) is 10.2 Å². The molecule has 2 N–H and O–H groups in total. The number of unbranched alkanes of at least 4 members (excludes halogenated alkanes) is 1. The van der Waals surface area contributed by atoms with Crippen molar-refractivity contribution >= 4 is 11.9 Å². The summed E-state index contributed by atoms with van der Waals surface area (Å²) < 4.78 is 0. The SMILES string of the molecule is CCCCC(C=CC(=O)O)C(=O)O. The van der Waals surface area contributed by atoms with Gasteiger partial charge in [0.25, 0.3) is 0 Å². The van der Waals surface area contributed by atoms with Gasteiger partial charge >= 0.3 is 11.9 Å². The fraction of sp³-hybridized carbons (Fsp3) is 0.556. The largest absolute Gasteiger partial charge is 0.481 e. The molecule has 0 aromatic rings. The molecule has 74 valence electrons. The van der Waals surface area contributed by atoms with Crippen molar-refractivity contribution in [3.63, 3.8) is 0 Å². The molecule has 0 saturated heterocycles. The maximum Gasteiger partial charge on any atom is 0.328 e. The minimum absolute atomic E-state index is 0.496. The number of carboxylic acid groups (broad SMARTS) is 2. The summed E-state index contributed by atoms with van der Waals surface area (Å²) in [4.78, 5) is 20.7. The Morgan fingerprint density at radius 2 is 2.00 bits per heavy atom. The molecule has 0 radical (unpaired) electrons. The highest BCUT2D eigenvalue weighted by molar-refractivity contribution is 5.81. The normalized spacial score (nSPS) is 13.0. The molecule has 0 aromatic heterocycles. The van der Waals surface area contributed by atoms with E-state index in [0.29, 0.717) is 6.42 Å². The van der Waals surface area contributed by atoms with Crippen LogP contribution in [0.15, 0.2) is 12.2 Å². The van der Waals surface area contributed by atoms with Crippen LogP contribution in [-0.4, -0.2) is 22.2 Å². The lowest BCUT2D eigenvalue weighted by atomic mass is 10.0. The molecular formula is C9H14O4. The Kier molecular flexibility index (Phi) is 5.59. The zero-order valence-electron chi connectivity index (χ0n) is 7.56. The fourth-order valence-electron chi connectivity index (χ4n) is 0.925. The molecule has 0 bridgehead atoms. The summed E-state index contributed by atoms with van der Waals surface area (Å²) in [6.45, 7) is 1.96. The molecule has 13 heavy (non-hydrogen) atoms. The number of carboxylic acids is 2. The zero-order valence-corrected chi connectivity index (χ0v) is 7.56. The van der Waals surface area contributed by atoms with Crippen LogP contribution in [0.1, 0.15) is 26.2 Å². The van der Waals surface area contributed by atoms with Crippen molar-refractivity contribution in [2.24, 2.45) is 5.92 Å². The minimum atomic E-state index is -1.11. The van der Waals surface area contributed by atoms with Gasteiger partial charge in [-0.15, -0.1) is 0 Å². The summed E-state index contributed by atoms with van der Waals surface area (Å²) in [5, 5.41) is 17.0. The first-order valence-corrected chi connectivity index (χ1v) is 4.21. The van der Waals surface area contributed by atoms with Crippen LogP contribution in [0.5, 0.6) is 0 Å². The highest BCUT2D eigenvalue weighted by atomic mass is 16.4. The molecule has 0 saturated carbocycles. The van der Waals surface area contributed by atoms with E-state index in [0.717, 1.165) is 18.9 Å². The van der Waals surface area contributed by atoms with Gasteiger partial charge in [-0.25, -0.2) is 4.79 Å². The van der Waals surface area contributed by atoms with Crippen molar-refractivity contribution in [1.29, 1.82) is 0 Å². The topological polar surface area (TPSA) is 74.6 Å². The molecule has 1 unspecified atom stereocenters. The summed E-state index contributed by atoms with van der Waals surface area (Å²) in [6.07, 6.45) is 4.30. The lowest BCUT2D eigenvalue weighted by Gasteiger charge is -2.04. The van der Waals surface area contributed by atoms with E-state index in [1.165, 1.54) is 6.08 Å². The molecule has 4 nitrogen and oxygen atoms in total. The maximum absolute atomic E-state index is 10.6. The van der Waals surface area contributed by atoms with Gasteiger partial charge in [0.05, 0.1) is 5.92 Å². The van der Waals surface area contributed by atoms with E-state index in [1.54, 1.807) is 0 Å². The molecule has 0 aliphatic heterocycles. The van der Waals surface area contributed by atoms with Crippen molar-refractivity contribution in [1.82, 2.24) is 0 Å². The molecule has 0 aliphatic carbocycles. The summed E-state index contributed by atoms with van der Waals surface area (Å²) in [6, 6.07) is 0. The summed E-state index contributed by atoms with van der Waals surface area (Å²) in [5.41, 5.74) is 0. The number of hydrogen-bond acceptors (Lipinski definition) is 2. The summed E-state index contributed by atoms with van der Waals surface area (Å²) in [5.74, 6) is -2.75. The van der Waals surface area contributed by atoms with E-state index in [1.807, 2.05) is 6.92 Å². The van der Waals surface area contributed by atoms with Gasteiger partial charge in [-0.05, 0) is 6.42 Å². The fourth-order valence-corrected chi connectivity index (χ4v) is 0.925. The highest BCUT2D eigenvalue weighted by Gasteiger charge is 2.12. The Balaban J connectivity index is 4.09. The minimum Gasteiger partial charge on any atom is -0.481 e. The molecule has 0 spiro atoms. The first-order valence-electron chi connectivity index (χ1n) is 4.21. The summed E-state index contributed by atoms with van der Waals surface area (Å²) in [7, 11) is 0. The second-order valence-corrected chi connectivity index (χ2v) is 2.78. The molecule has 1 atom stereocenters. The monoisotopic (exact) mass is 186 g/mol. The lowest BCUT2D eigenvalue weighted by Crippen LogP contribution is -2.11. The Bertz CT molecular complexity index is 208. The van der Waals surface area contributed by atoms with E-state index in [2.05, 4.69) is 0 Å². The number of hydrogen-bond donors (Lipinski definition) is 2. The Morgan fingerprint density at radius 1 is 1.38 bits per heavy atom. The third-order valence-corrected chi connectivity index (χ3v) is 1.66. The quantitative estimate of drug-likeness (QED) is 0.616. The number of carbonyl (C=O) groups is 2. The first-order chi connectivity index (χ1) is 6.07. The van der Waals surface area contributed by atoms with Gasteiger partial charge in [-0.1, -0.05) is 25.8 Å². The van der Waals surface area contributed by atoms with E-state index in [9.17, 15) is 9.59 Å². The highest BCUT2D eigenvalue weighted by Crippen LogP contribution is 2.10. The van der Waals surface area contributed by atoms with E-state index >= 15 is 0 Å². The molecular weight excluding hydrogens is 172 g/mol. The second-order valence-electron chi connectivity index (χ2n) is 2.78. The van der Waals surface area contributed by atoms with Crippen LogP contribution in [0.2, 0.25) is 0 Å². The van der Waals surface area contributed by atoms with Crippen LogP contribution in [0.4, 0.5) is 0 Å². The van der Waals surface area contributed by atoms with Gasteiger partial charge in [0.1, 0.15) is 0 Å². The average Bonchev–Trinajstić information content (AvgIpc) is 2.03. The first kappa shape index (κ1) is 11.7. The van der Waals surface area contributed by atoms with Crippen LogP contribution in [-0.2, 0) is 9.59 Å². The van der Waals surface area contributed by atoms with Gasteiger partial charge in [-0.2, -0.15) is 0 Å². The third kappa shape index (κ3) is 5.90. The van der Waals surface area contributed by atoms with Crippen LogP contribution < -0.4 is 0 Å². The van der Waals surface area contributed by atoms with Gasteiger partial charge in [0.2, 0.25) is 0 Å². The predicted molar refractivity (Wildman–Crippen MR) is 47.4 cm³/mol. The van der Waals surface area contributed by atoms with Gasteiger partial charge < -0.3 is 10.2 Å². The van der Waals surface area contributed by atoms with Gasteiger partial charge in [0.15, 0.2) is 0 Å². The molecule has 0 rings (SSSR count). The van der Waals surface area contributed by atoms with E-state index < -0.39 is 17.9 Å². The van der Waals surface area contributed by atoms with Crippen molar-refractivity contribution in [3.05, 3.63) is 12.2 Å². The van der Waals surface area contributed by atoms with Crippen molar-refractivity contribution < 1.29 is 19.8 Å². The van der Waals surface area contributed by atoms with E-state index in [-0.39, 0.29) is 0 Å². The standard InChI is InChI=1S/C9H14O4/c1-2-3-4-7(9(12)13)5-6-8(10)11/h5-7H,2-4H2,1H3,(H,10,11)(H,12,13). The third-order valence-electron chi connectivity index (χ3n) is 1.66. The number of rotatable bonds is 6. The smallest absolute Gasteiger partial charge is 0.328 e. The van der Waals surface area contributed by atoms with Crippen molar-refractivity contribution in [3.8, 4) is 0 Å². The van der Waals surface area contributed by atoms with Crippen LogP contribution in [0, 0.1) is 5.92 Å². The Hall–Kier alpha value is -1.32. The summed E-state index contributed by atoms with van der Waals surface area (Å²) >= 11 is 0. The zero-order chi connectivity index (χ0) is 10.3. The maximum atomic E-state index is 10.6. The molecule has 0 aliphatic rings. The van der Waals surface area contributed by atoms with Crippen molar-refractivity contribution in [2.75, 3.05) is 0 Å². The molecule has 0 aromatic carbocycles. The van der Waals surface area contributed by atoms with Crippen LogP contribution in [0.3, 0.4) is 0 Å². The molecule has 0 heterocycles. The average molecular weight is 186 g/mol. The Labute approximate surface area is 76.9 Å². The van der Waals surface area contributed by atoms with Gasteiger partial charge in [0, 0.05) is 6.08 Å². The number of aliphatic carboxylic acids is 2. The van der Waals surface area contributed by atoms with Crippen LogP contribution >= 0.6 is 0 Å².